The Morgan fingerprint density at radius 1 is 1.26 bits per heavy atom. The lowest BCUT2D eigenvalue weighted by atomic mass is 9.93. The smallest absolute Gasteiger partial charge is 0.269 e. The zero-order chi connectivity index (χ0) is 19.6. The molecule has 27 heavy (non-hydrogen) atoms. The Morgan fingerprint density at radius 2 is 1.93 bits per heavy atom. The summed E-state index contributed by atoms with van der Waals surface area (Å²) < 4.78 is 0. The molecule has 148 valence electrons. The van der Waals surface area contributed by atoms with Gasteiger partial charge in [-0.1, -0.05) is 0 Å². The molecule has 0 aliphatic carbocycles. The fourth-order valence-corrected chi connectivity index (χ4v) is 3.13. The number of nitro benzene ring substituents is 1. The fourth-order valence-electron chi connectivity index (χ4n) is 3.13. The maximum absolute atomic E-state index is 11.5. The highest BCUT2D eigenvalue weighted by atomic mass is 16.6. The highest BCUT2D eigenvalue weighted by Gasteiger charge is 2.22. The SMILES string of the molecule is CN=C(NCCNc1ccc([N+](=O)[O-])cc1)N1CCC(CC(=O)NC)CC1. The molecule has 1 aliphatic rings. The summed E-state index contributed by atoms with van der Waals surface area (Å²) in [6, 6.07) is 6.36. The summed E-state index contributed by atoms with van der Waals surface area (Å²) in [6.07, 6.45) is 2.56. The molecule has 1 aromatic carbocycles. The molecule has 0 radical (unpaired) electrons. The van der Waals surface area contributed by atoms with Crippen molar-refractivity contribution in [1.29, 1.82) is 0 Å². The number of nitrogens with zero attached hydrogens (tertiary/aromatic N) is 3. The molecular formula is C18H28N6O3. The second-order valence-electron chi connectivity index (χ2n) is 6.51. The van der Waals surface area contributed by atoms with E-state index in [-0.39, 0.29) is 11.6 Å². The minimum atomic E-state index is -0.410. The van der Waals surface area contributed by atoms with Crippen LogP contribution < -0.4 is 16.0 Å². The van der Waals surface area contributed by atoms with E-state index in [2.05, 4.69) is 25.8 Å². The Morgan fingerprint density at radius 3 is 2.48 bits per heavy atom. The quantitative estimate of drug-likeness (QED) is 0.218. The number of benzene rings is 1. The van der Waals surface area contributed by atoms with E-state index in [0.717, 1.165) is 37.6 Å². The average Bonchev–Trinajstić information content (AvgIpc) is 2.69. The lowest BCUT2D eigenvalue weighted by Gasteiger charge is -2.34. The summed E-state index contributed by atoms with van der Waals surface area (Å²) in [5.74, 6) is 1.40. The van der Waals surface area contributed by atoms with Gasteiger partial charge in [-0.05, 0) is 30.9 Å². The normalized spacial score (nSPS) is 15.3. The van der Waals surface area contributed by atoms with Gasteiger partial charge in [0.05, 0.1) is 4.92 Å². The van der Waals surface area contributed by atoms with Crippen LogP contribution in [-0.4, -0.2) is 62.0 Å². The number of hydrogen-bond donors (Lipinski definition) is 3. The van der Waals surface area contributed by atoms with Crippen LogP contribution in [0.1, 0.15) is 19.3 Å². The first kappa shape index (κ1) is 20.5. The van der Waals surface area contributed by atoms with Crippen molar-refractivity contribution in [3.05, 3.63) is 34.4 Å². The first-order valence-electron chi connectivity index (χ1n) is 9.18. The molecular weight excluding hydrogens is 348 g/mol. The van der Waals surface area contributed by atoms with Crippen LogP contribution in [0.4, 0.5) is 11.4 Å². The Kier molecular flexibility index (Phi) is 7.84. The predicted molar refractivity (Wildman–Crippen MR) is 106 cm³/mol. The standard InChI is InChI=1S/C18H28N6O3/c1-19-17(25)13-14-7-11-23(12-8-14)18(20-2)22-10-9-21-15-3-5-16(6-4-15)24(26)27/h3-6,14,21H,7-13H2,1-2H3,(H,19,25)(H,20,22). The van der Waals surface area contributed by atoms with Gasteiger partial charge in [0.15, 0.2) is 5.96 Å². The number of hydrogen-bond acceptors (Lipinski definition) is 5. The highest BCUT2D eigenvalue weighted by molar-refractivity contribution is 5.80. The number of amides is 1. The molecule has 1 aromatic rings. The first-order chi connectivity index (χ1) is 13.0. The molecule has 9 heteroatoms. The van der Waals surface area contributed by atoms with Gasteiger partial charge in [0, 0.05) is 64.5 Å². The van der Waals surface area contributed by atoms with Gasteiger partial charge >= 0.3 is 0 Å². The van der Waals surface area contributed by atoms with Crippen LogP contribution in [0.2, 0.25) is 0 Å². The molecule has 0 atom stereocenters. The van der Waals surface area contributed by atoms with Gasteiger partial charge in [0.2, 0.25) is 5.91 Å². The minimum absolute atomic E-state index is 0.0823. The number of carbonyl (C=O) groups is 1. The molecule has 2 rings (SSSR count). The maximum atomic E-state index is 11.5. The number of guanidine groups is 1. The van der Waals surface area contributed by atoms with E-state index >= 15 is 0 Å². The summed E-state index contributed by atoms with van der Waals surface area (Å²) in [5, 5.41) is 19.9. The molecule has 0 unspecified atom stereocenters. The van der Waals surface area contributed by atoms with Crippen molar-refractivity contribution >= 4 is 23.2 Å². The van der Waals surface area contributed by atoms with Crippen LogP contribution in [0.25, 0.3) is 0 Å². The van der Waals surface area contributed by atoms with Crippen LogP contribution in [0.15, 0.2) is 29.3 Å². The van der Waals surface area contributed by atoms with Gasteiger partial charge in [-0.2, -0.15) is 0 Å². The Hall–Kier alpha value is -2.84. The van der Waals surface area contributed by atoms with Crippen molar-refractivity contribution in [3.63, 3.8) is 0 Å². The highest BCUT2D eigenvalue weighted by Crippen LogP contribution is 2.20. The van der Waals surface area contributed by atoms with E-state index in [1.165, 1.54) is 12.1 Å². The van der Waals surface area contributed by atoms with Crippen molar-refractivity contribution in [2.75, 3.05) is 45.6 Å². The third-order valence-electron chi connectivity index (χ3n) is 4.69. The van der Waals surface area contributed by atoms with Crippen molar-refractivity contribution < 1.29 is 9.72 Å². The van der Waals surface area contributed by atoms with Gasteiger partial charge < -0.3 is 20.9 Å². The second kappa shape index (κ2) is 10.3. The molecule has 0 spiro atoms. The van der Waals surface area contributed by atoms with Gasteiger partial charge in [-0.3, -0.25) is 19.9 Å². The summed E-state index contributed by atoms with van der Waals surface area (Å²) >= 11 is 0. The van der Waals surface area contributed by atoms with Crippen molar-refractivity contribution in [2.45, 2.75) is 19.3 Å². The molecule has 0 saturated carbocycles. The van der Waals surface area contributed by atoms with Gasteiger partial charge in [0.25, 0.3) is 5.69 Å². The Balaban J connectivity index is 1.70. The number of carbonyl (C=O) groups excluding carboxylic acids is 1. The molecule has 1 heterocycles. The lowest BCUT2D eigenvalue weighted by molar-refractivity contribution is -0.384. The van der Waals surface area contributed by atoms with Crippen molar-refractivity contribution in [3.8, 4) is 0 Å². The number of nitrogens with one attached hydrogen (secondary N) is 3. The number of aliphatic imine (C=N–C) groups is 1. The molecule has 1 fully saturated rings. The van der Waals surface area contributed by atoms with Gasteiger partial charge in [0.1, 0.15) is 0 Å². The number of anilines is 1. The van der Waals surface area contributed by atoms with E-state index in [0.29, 0.717) is 25.4 Å². The zero-order valence-electron chi connectivity index (χ0n) is 15.9. The summed E-state index contributed by atoms with van der Waals surface area (Å²) in [7, 11) is 3.44. The number of nitro groups is 1. The van der Waals surface area contributed by atoms with Gasteiger partial charge in [-0.15, -0.1) is 0 Å². The van der Waals surface area contributed by atoms with Crippen LogP contribution in [0, 0.1) is 16.0 Å². The minimum Gasteiger partial charge on any atom is -0.383 e. The molecule has 1 saturated heterocycles. The second-order valence-corrected chi connectivity index (χ2v) is 6.51. The predicted octanol–water partition coefficient (Wildman–Crippen LogP) is 1.43. The summed E-state index contributed by atoms with van der Waals surface area (Å²) in [4.78, 5) is 28.3. The molecule has 1 amide bonds. The van der Waals surface area contributed by atoms with Crippen molar-refractivity contribution in [1.82, 2.24) is 15.5 Å². The Bertz CT molecular complexity index is 654. The molecule has 0 aromatic heterocycles. The third-order valence-corrected chi connectivity index (χ3v) is 4.69. The average molecular weight is 376 g/mol. The van der Waals surface area contributed by atoms with Crippen LogP contribution in [0.3, 0.4) is 0 Å². The van der Waals surface area contributed by atoms with E-state index < -0.39 is 4.92 Å². The molecule has 1 aliphatic heterocycles. The van der Waals surface area contributed by atoms with Gasteiger partial charge in [-0.25, -0.2) is 0 Å². The van der Waals surface area contributed by atoms with Crippen molar-refractivity contribution in [2.24, 2.45) is 10.9 Å². The molecule has 9 nitrogen and oxygen atoms in total. The molecule has 0 bridgehead atoms. The van der Waals surface area contributed by atoms with Crippen LogP contribution in [-0.2, 0) is 4.79 Å². The Labute approximate surface area is 159 Å². The third kappa shape index (κ3) is 6.43. The maximum Gasteiger partial charge on any atom is 0.269 e. The van der Waals surface area contributed by atoms with Crippen LogP contribution >= 0.6 is 0 Å². The van der Waals surface area contributed by atoms with Crippen LogP contribution in [0.5, 0.6) is 0 Å². The molecule has 3 N–H and O–H groups in total. The summed E-state index contributed by atoms with van der Waals surface area (Å²) in [6.45, 7) is 3.13. The largest absolute Gasteiger partial charge is 0.383 e. The number of likely N-dealkylation sites (tertiary alicyclic amines) is 1. The van der Waals surface area contributed by atoms with E-state index in [1.54, 1.807) is 26.2 Å². The lowest BCUT2D eigenvalue weighted by Crippen LogP contribution is -2.47. The van der Waals surface area contributed by atoms with E-state index in [1.807, 2.05) is 0 Å². The number of rotatable bonds is 7. The van der Waals surface area contributed by atoms with E-state index in [4.69, 9.17) is 0 Å². The monoisotopic (exact) mass is 376 g/mol. The first-order valence-corrected chi connectivity index (χ1v) is 9.18. The fraction of sp³-hybridized carbons (Fsp3) is 0.556. The zero-order valence-corrected chi connectivity index (χ0v) is 15.9. The van der Waals surface area contributed by atoms with E-state index in [9.17, 15) is 14.9 Å². The number of non-ortho nitro benzene ring substituents is 1. The number of piperidine rings is 1. The summed E-state index contributed by atoms with van der Waals surface area (Å²) in [5.41, 5.74) is 0.923. The topological polar surface area (TPSA) is 112 Å².